The fourth-order valence-electron chi connectivity index (χ4n) is 2.82. The van der Waals surface area contributed by atoms with Crippen LogP contribution >= 0.6 is 24.8 Å². The number of rotatable bonds is 4. The Morgan fingerprint density at radius 1 is 1.36 bits per heavy atom. The molecule has 1 aliphatic rings. The molecule has 8 heteroatoms. The van der Waals surface area contributed by atoms with E-state index in [2.05, 4.69) is 4.98 Å². The first-order valence-electron chi connectivity index (χ1n) is 7.86. The molecule has 1 aliphatic heterocycles. The van der Waals surface area contributed by atoms with E-state index in [4.69, 9.17) is 10.2 Å². The van der Waals surface area contributed by atoms with Crippen LogP contribution in [0, 0.1) is 5.82 Å². The van der Waals surface area contributed by atoms with Gasteiger partial charge in [-0.05, 0) is 25.0 Å². The topological polar surface area (TPSA) is 72.4 Å². The van der Waals surface area contributed by atoms with E-state index < -0.39 is 0 Å². The third-order valence-electron chi connectivity index (χ3n) is 4.06. The minimum Gasteiger partial charge on any atom is -0.441 e. The summed E-state index contributed by atoms with van der Waals surface area (Å²) in [5.41, 5.74) is 6.27. The summed E-state index contributed by atoms with van der Waals surface area (Å²) in [5, 5.41) is 0. The van der Waals surface area contributed by atoms with Gasteiger partial charge in [0.05, 0.1) is 11.8 Å². The molecule has 0 radical (unpaired) electrons. The summed E-state index contributed by atoms with van der Waals surface area (Å²) in [6.45, 7) is 1.38. The zero-order chi connectivity index (χ0) is 16.2. The van der Waals surface area contributed by atoms with Crippen molar-refractivity contribution in [1.29, 1.82) is 0 Å². The van der Waals surface area contributed by atoms with Crippen molar-refractivity contribution in [1.82, 2.24) is 9.88 Å². The summed E-state index contributed by atoms with van der Waals surface area (Å²) in [6.07, 6.45) is 4.14. The highest BCUT2D eigenvalue weighted by Gasteiger charge is 2.21. The van der Waals surface area contributed by atoms with E-state index in [0.29, 0.717) is 36.6 Å². The molecule has 0 bridgehead atoms. The van der Waals surface area contributed by atoms with Crippen molar-refractivity contribution in [3.8, 4) is 11.3 Å². The summed E-state index contributed by atoms with van der Waals surface area (Å²) in [5.74, 6) is 0.530. The molecule has 2 aromatic rings. The van der Waals surface area contributed by atoms with Crippen LogP contribution < -0.4 is 5.73 Å². The van der Waals surface area contributed by atoms with Crippen LogP contribution in [0.2, 0.25) is 0 Å². The van der Waals surface area contributed by atoms with Gasteiger partial charge in [0, 0.05) is 32.0 Å². The number of nitrogens with zero attached hydrogens (tertiary/aromatic N) is 2. The highest BCUT2D eigenvalue weighted by atomic mass is 35.5. The Morgan fingerprint density at radius 2 is 2.12 bits per heavy atom. The minimum absolute atomic E-state index is 0. The maximum Gasteiger partial charge on any atom is 0.223 e. The molecule has 5 nitrogen and oxygen atoms in total. The van der Waals surface area contributed by atoms with Crippen molar-refractivity contribution < 1.29 is 13.6 Å². The number of carbonyl (C=O) groups is 1. The molecule has 1 atom stereocenters. The van der Waals surface area contributed by atoms with Crippen molar-refractivity contribution in [2.45, 2.75) is 31.7 Å². The average Bonchev–Trinajstić information content (AvgIpc) is 3.02. The molecule has 1 aromatic heterocycles. The fourth-order valence-corrected chi connectivity index (χ4v) is 2.82. The molecule has 1 amide bonds. The third-order valence-corrected chi connectivity index (χ3v) is 4.06. The molecule has 2 heterocycles. The van der Waals surface area contributed by atoms with Crippen LogP contribution in [0.25, 0.3) is 11.3 Å². The van der Waals surface area contributed by atoms with Crippen LogP contribution in [-0.4, -0.2) is 34.9 Å². The number of carbonyl (C=O) groups excluding carboxylic acids is 1. The van der Waals surface area contributed by atoms with E-state index in [1.807, 2.05) is 0 Å². The summed E-state index contributed by atoms with van der Waals surface area (Å²) < 4.78 is 19.3. The first-order chi connectivity index (χ1) is 11.1. The van der Waals surface area contributed by atoms with Crippen molar-refractivity contribution >= 4 is 30.7 Å². The molecule has 1 unspecified atom stereocenters. The normalized spacial score (nSPS) is 16.7. The van der Waals surface area contributed by atoms with Gasteiger partial charge < -0.3 is 15.1 Å². The van der Waals surface area contributed by atoms with Crippen LogP contribution in [-0.2, 0) is 11.2 Å². The molecule has 0 spiro atoms. The van der Waals surface area contributed by atoms with Gasteiger partial charge in [-0.25, -0.2) is 9.37 Å². The van der Waals surface area contributed by atoms with E-state index >= 15 is 0 Å². The second-order valence-electron chi connectivity index (χ2n) is 5.84. The van der Waals surface area contributed by atoms with Gasteiger partial charge in [0.2, 0.25) is 5.91 Å². The highest BCUT2D eigenvalue weighted by Crippen LogP contribution is 2.23. The zero-order valence-electron chi connectivity index (χ0n) is 13.7. The van der Waals surface area contributed by atoms with Gasteiger partial charge in [0.15, 0.2) is 11.7 Å². The molecule has 2 N–H and O–H groups in total. The smallest absolute Gasteiger partial charge is 0.223 e. The monoisotopic (exact) mass is 389 g/mol. The Morgan fingerprint density at radius 3 is 2.84 bits per heavy atom. The highest BCUT2D eigenvalue weighted by molar-refractivity contribution is 5.85. The lowest BCUT2D eigenvalue weighted by atomic mass is 10.1. The maximum atomic E-state index is 13.7. The SMILES string of the molecule is Cl.Cl.NC1CCCN(C(=O)CCc2ncc(-c3ccccc3F)o2)C1. The number of oxazole rings is 1. The molecular weight excluding hydrogens is 368 g/mol. The van der Waals surface area contributed by atoms with Gasteiger partial charge >= 0.3 is 0 Å². The lowest BCUT2D eigenvalue weighted by Crippen LogP contribution is -2.45. The van der Waals surface area contributed by atoms with Crippen LogP contribution in [0.1, 0.15) is 25.2 Å². The van der Waals surface area contributed by atoms with E-state index in [9.17, 15) is 9.18 Å². The Hall–Kier alpha value is -1.63. The number of hydrogen-bond donors (Lipinski definition) is 1. The van der Waals surface area contributed by atoms with E-state index in [1.165, 1.54) is 12.3 Å². The predicted molar refractivity (Wildman–Crippen MR) is 98.5 cm³/mol. The molecule has 3 rings (SSSR count). The second-order valence-corrected chi connectivity index (χ2v) is 5.84. The van der Waals surface area contributed by atoms with Gasteiger partial charge in [-0.3, -0.25) is 4.79 Å². The van der Waals surface area contributed by atoms with Crippen LogP contribution in [0.4, 0.5) is 4.39 Å². The second kappa shape index (κ2) is 9.75. The number of likely N-dealkylation sites (tertiary alicyclic amines) is 1. The number of piperidine rings is 1. The Bertz CT molecular complexity index is 696. The molecule has 1 aromatic carbocycles. The number of amides is 1. The van der Waals surface area contributed by atoms with Crippen molar-refractivity contribution in [2.75, 3.05) is 13.1 Å². The molecular formula is C17H22Cl2FN3O2. The van der Waals surface area contributed by atoms with Crippen LogP contribution in [0.3, 0.4) is 0 Å². The van der Waals surface area contributed by atoms with Gasteiger partial charge in [-0.1, -0.05) is 12.1 Å². The molecule has 0 aliphatic carbocycles. The fraction of sp³-hybridized carbons (Fsp3) is 0.412. The van der Waals surface area contributed by atoms with Crippen molar-refractivity contribution in [3.05, 3.63) is 42.2 Å². The van der Waals surface area contributed by atoms with E-state index in [-0.39, 0.29) is 42.6 Å². The largest absolute Gasteiger partial charge is 0.441 e. The van der Waals surface area contributed by atoms with E-state index in [0.717, 1.165) is 19.4 Å². The lowest BCUT2D eigenvalue weighted by molar-refractivity contribution is -0.132. The van der Waals surface area contributed by atoms with Crippen molar-refractivity contribution in [3.63, 3.8) is 0 Å². The third kappa shape index (κ3) is 5.42. The predicted octanol–water partition coefficient (Wildman–Crippen LogP) is 3.21. The Balaban J connectivity index is 0.00000156. The first-order valence-corrected chi connectivity index (χ1v) is 7.86. The quantitative estimate of drug-likeness (QED) is 0.870. The Kier molecular flexibility index (Phi) is 8.35. The summed E-state index contributed by atoms with van der Waals surface area (Å²) in [6, 6.07) is 6.45. The molecule has 0 saturated carbocycles. The number of halogens is 3. The minimum atomic E-state index is -0.353. The Labute approximate surface area is 158 Å². The van der Waals surface area contributed by atoms with Crippen LogP contribution in [0.5, 0.6) is 0 Å². The lowest BCUT2D eigenvalue weighted by Gasteiger charge is -2.30. The molecule has 138 valence electrons. The molecule has 1 saturated heterocycles. The average molecular weight is 390 g/mol. The maximum absolute atomic E-state index is 13.7. The van der Waals surface area contributed by atoms with Gasteiger partial charge in [-0.15, -0.1) is 24.8 Å². The standard InChI is InChI=1S/C17H20FN3O2.2ClH/c18-14-6-2-1-5-13(14)15-10-20-16(23-15)7-8-17(22)21-9-3-4-12(19)11-21;;/h1-2,5-6,10,12H,3-4,7-9,11,19H2;2*1H. The van der Waals surface area contributed by atoms with E-state index in [1.54, 1.807) is 23.1 Å². The van der Waals surface area contributed by atoms with Gasteiger partial charge in [0.25, 0.3) is 0 Å². The number of aryl methyl sites for hydroxylation is 1. The summed E-state index contributed by atoms with van der Waals surface area (Å²) >= 11 is 0. The number of benzene rings is 1. The number of nitrogens with two attached hydrogens (primary N) is 1. The molecule has 25 heavy (non-hydrogen) atoms. The van der Waals surface area contributed by atoms with Crippen molar-refractivity contribution in [2.24, 2.45) is 5.73 Å². The number of hydrogen-bond acceptors (Lipinski definition) is 4. The number of aromatic nitrogens is 1. The zero-order valence-corrected chi connectivity index (χ0v) is 15.3. The van der Waals surface area contributed by atoms with Crippen LogP contribution in [0.15, 0.2) is 34.9 Å². The summed E-state index contributed by atoms with van der Waals surface area (Å²) in [7, 11) is 0. The summed E-state index contributed by atoms with van der Waals surface area (Å²) in [4.78, 5) is 18.1. The first kappa shape index (κ1) is 21.4. The van der Waals surface area contributed by atoms with Gasteiger partial charge in [-0.2, -0.15) is 0 Å². The van der Waals surface area contributed by atoms with Gasteiger partial charge in [0.1, 0.15) is 5.82 Å². The molecule has 1 fully saturated rings.